The predicted molar refractivity (Wildman–Crippen MR) is 85.0 cm³/mol. The van der Waals surface area contributed by atoms with E-state index in [9.17, 15) is 0 Å². The second kappa shape index (κ2) is 10.1. The molecule has 1 heteroatoms. The Morgan fingerprint density at radius 3 is 2.37 bits per heavy atom. The Morgan fingerprint density at radius 2 is 1.84 bits per heavy atom. The van der Waals surface area contributed by atoms with Gasteiger partial charge in [-0.25, -0.2) is 0 Å². The fourth-order valence-electron chi connectivity index (χ4n) is 1.91. The highest BCUT2D eigenvalue weighted by Gasteiger charge is 2.03. The van der Waals surface area contributed by atoms with E-state index in [1.165, 1.54) is 23.1 Å². The maximum atomic E-state index is 3.79. The Balaban J connectivity index is 0.00000103. The second-order valence-corrected chi connectivity index (χ2v) is 3.96. The van der Waals surface area contributed by atoms with Crippen molar-refractivity contribution in [3.63, 3.8) is 0 Å². The third-order valence-corrected chi connectivity index (χ3v) is 2.79. The Morgan fingerprint density at radius 1 is 1.16 bits per heavy atom. The van der Waals surface area contributed by atoms with E-state index in [0.717, 1.165) is 12.8 Å². The molecule has 0 aromatic heterocycles. The molecule has 0 spiro atoms. The van der Waals surface area contributed by atoms with E-state index >= 15 is 0 Å². The van der Waals surface area contributed by atoms with Gasteiger partial charge in [0.05, 0.1) is 0 Å². The Kier molecular flexibility index (Phi) is 9.16. The van der Waals surface area contributed by atoms with Crippen molar-refractivity contribution in [1.82, 2.24) is 0 Å². The van der Waals surface area contributed by atoms with E-state index in [4.69, 9.17) is 0 Å². The molecule has 0 fully saturated rings. The molecule has 1 aliphatic carbocycles. The van der Waals surface area contributed by atoms with Crippen molar-refractivity contribution < 1.29 is 5.48 Å². The Bertz CT molecular complexity index is 460. The summed E-state index contributed by atoms with van der Waals surface area (Å²) in [6.07, 6.45) is 10.0. The molecule has 2 N–H and O–H groups in total. The van der Waals surface area contributed by atoms with Crippen LogP contribution in [0.2, 0.25) is 0 Å². The van der Waals surface area contributed by atoms with Crippen LogP contribution in [0.5, 0.6) is 0 Å². The first-order valence-corrected chi connectivity index (χ1v) is 6.70. The highest BCUT2D eigenvalue weighted by Crippen LogP contribution is 2.24. The van der Waals surface area contributed by atoms with Gasteiger partial charge >= 0.3 is 0 Å². The zero-order chi connectivity index (χ0) is 13.2. The average Bonchev–Trinajstić information content (AvgIpc) is 2.49. The van der Waals surface area contributed by atoms with Gasteiger partial charge in [-0.3, -0.25) is 0 Å². The van der Waals surface area contributed by atoms with Crippen molar-refractivity contribution in [2.45, 2.75) is 33.1 Å². The summed E-state index contributed by atoms with van der Waals surface area (Å²) in [5, 5.41) is 0. The molecule has 1 aromatic carbocycles. The molecule has 1 aromatic rings. The largest absolute Gasteiger partial charge is 0.412 e. The summed E-state index contributed by atoms with van der Waals surface area (Å²) in [4.78, 5) is 0. The first-order chi connectivity index (χ1) is 8.90. The number of hydrogen-bond donors (Lipinski definition) is 0. The Hall–Kier alpha value is -1.82. The summed E-state index contributed by atoms with van der Waals surface area (Å²) in [5.41, 5.74) is 6.83. The van der Waals surface area contributed by atoms with E-state index in [0.29, 0.717) is 0 Å². The van der Waals surface area contributed by atoms with Crippen molar-refractivity contribution in [1.29, 1.82) is 0 Å². The summed E-state index contributed by atoms with van der Waals surface area (Å²) >= 11 is 0. The second-order valence-electron chi connectivity index (χ2n) is 3.96. The number of rotatable bonds is 3. The summed E-state index contributed by atoms with van der Waals surface area (Å²) in [6, 6.07) is 10.4. The van der Waals surface area contributed by atoms with Crippen LogP contribution in [0.4, 0.5) is 0 Å². The normalized spacial score (nSPS) is 12.2. The maximum Gasteiger partial charge on any atom is 0.00504 e. The fraction of sp³-hybridized carbons (Fsp3) is 0.278. The molecule has 0 amide bonds. The average molecular weight is 256 g/mol. The van der Waals surface area contributed by atoms with Crippen molar-refractivity contribution in [2.24, 2.45) is 0 Å². The summed E-state index contributed by atoms with van der Waals surface area (Å²) < 4.78 is 0. The van der Waals surface area contributed by atoms with Crippen LogP contribution in [-0.4, -0.2) is 5.48 Å². The van der Waals surface area contributed by atoms with Crippen LogP contribution < -0.4 is 0 Å². The zero-order valence-electron chi connectivity index (χ0n) is 11.9. The van der Waals surface area contributed by atoms with Crippen molar-refractivity contribution in [3.05, 3.63) is 72.0 Å². The van der Waals surface area contributed by atoms with Crippen LogP contribution in [0.15, 0.2) is 66.4 Å². The van der Waals surface area contributed by atoms with Gasteiger partial charge in [-0.1, -0.05) is 69.0 Å². The number of allylic oxidation sites excluding steroid dienone is 5. The third kappa shape index (κ3) is 5.56. The molecule has 2 rings (SSSR count). The van der Waals surface area contributed by atoms with Gasteiger partial charge in [0.2, 0.25) is 0 Å². The van der Waals surface area contributed by atoms with Crippen LogP contribution in [0.3, 0.4) is 0 Å². The topological polar surface area (TPSA) is 31.5 Å². The van der Waals surface area contributed by atoms with E-state index < -0.39 is 0 Å². The quantitative estimate of drug-likeness (QED) is 0.701. The molecule has 1 nitrogen and oxygen atoms in total. The standard InChI is InChI=1S/C16H16.C2H6.H2O/c1-2-15(16-11-7-4-8-12-16)13-14-9-5-3-6-10-14;1-2;/h4-5,7-12H,1,3,6,13H2;1-2H3;1H2. The first kappa shape index (κ1) is 17.2. The minimum Gasteiger partial charge on any atom is -0.412 e. The molecule has 19 heavy (non-hydrogen) atoms. The van der Waals surface area contributed by atoms with E-state index in [1.807, 2.05) is 19.9 Å². The lowest BCUT2D eigenvalue weighted by Gasteiger charge is -2.09. The van der Waals surface area contributed by atoms with E-state index in [1.54, 1.807) is 0 Å². The zero-order valence-corrected chi connectivity index (χ0v) is 11.9. The first-order valence-electron chi connectivity index (χ1n) is 6.70. The predicted octanol–water partition coefficient (Wildman–Crippen LogP) is 4.72. The lowest BCUT2D eigenvalue weighted by molar-refractivity contribution is 0.824. The van der Waals surface area contributed by atoms with Gasteiger partial charge in [0.1, 0.15) is 0 Å². The molecule has 0 radical (unpaired) electrons. The van der Waals surface area contributed by atoms with Gasteiger partial charge in [-0.15, -0.1) is 5.73 Å². The molecular formula is C18H24O. The van der Waals surface area contributed by atoms with E-state index in [-0.39, 0.29) is 5.48 Å². The van der Waals surface area contributed by atoms with Crippen LogP contribution in [-0.2, 0) is 0 Å². The Labute approximate surface area is 117 Å². The highest BCUT2D eigenvalue weighted by molar-refractivity contribution is 5.67. The molecule has 1 aliphatic rings. The third-order valence-electron chi connectivity index (χ3n) is 2.79. The van der Waals surface area contributed by atoms with Gasteiger partial charge in [0.25, 0.3) is 0 Å². The van der Waals surface area contributed by atoms with E-state index in [2.05, 4.69) is 54.8 Å². The SMILES string of the molecule is C=C=C(CC1=CCCC=C1)c1ccccc1.CC.O. The fourth-order valence-corrected chi connectivity index (χ4v) is 1.91. The highest BCUT2D eigenvalue weighted by atomic mass is 16.0. The van der Waals surface area contributed by atoms with Gasteiger partial charge in [0.15, 0.2) is 0 Å². The van der Waals surface area contributed by atoms with Gasteiger partial charge in [0, 0.05) is 12.0 Å². The van der Waals surface area contributed by atoms with Gasteiger partial charge in [-0.2, -0.15) is 0 Å². The number of benzene rings is 1. The molecular weight excluding hydrogens is 232 g/mol. The summed E-state index contributed by atoms with van der Waals surface area (Å²) in [7, 11) is 0. The minimum atomic E-state index is 0. The molecule has 102 valence electrons. The van der Waals surface area contributed by atoms with Crippen molar-refractivity contribution in [2.75, 3.05) is 0 Å². The molecule has 0 saturated heterocycles. The molecule has 0 bridgehead atoms. The molecule has 0 saturated carbocycles. The summed E-state index contributed by atoms with van der Waals surface area (Å²) in [6.45, 7) is 7.79. The molecule has 0 aliphatic heterocycles. The maximum absolute atomic E-state index is 3.79. The smallest absolute Gasteiger partial charge is 0.00504 e. The van der Waals surface area contributed by atoms with Gasteiger partial charge in [-0.05, 0) is 24.0 Å². The van der Waals surface area contributed by atoms with Crippen molar-refractivity contribution >= 4 is 5.57 Å². The van der Waals surface area contributed by atoms with Gasteiger partial charge < -0.3 is 5.48 Å². The van der Waals surface area contributed by atoms with Crippen LogP contribution in [0.1, 0.15) is 38.7 Å². The minimum absolute atomic E-state index is 0. The number of hydrogen-bond acceptors (Lipinski definition) is 0. The van der Waals surface area contributed by atoms with Crippen LogP contribution in [0, 0.1) is 0 Å². The lowest BCUT2D eigenvalue weighted by Crippen LogP contribution is -1.89. The van der Waals surface area contributed by atoms with Crippen molar-refractivity contribution in [3.8, 4) is 0 Å². The summed E-state index contributed by atoms with van der Waals surface area (Å²) in [5.74, 6) is 0. The molecule has 0 atom stereocenters. The van der Waals surface area contributed by atoms with Crippen LogP contribution >= 0.6 is 0 Å². The molecule has 0 heterocycles. The lowest BCUT2D eigenvalue weighted by atomic mass is 9.96. The van der Waals surface area contributed by atoms with Crippen LogP contribution in [0.25, 0.3) is 5.57 Å². The monoisotopic (exact) mass is 256 g/mol. The molecule has 0 unspecified atom stereocenters.